The molecule has 0 spiro atoms. The van der Waals surface area contributed by atoms with E-state index in [1.807, 2.05) is 11.8 Å². The summed E-state index contributed by atoms with van der Waals surface area (Å²) in [7, 11) is 0. The smallest absolute Gasteiger partial charge is 0.0601 e. The first-order valence-electron chi connectivity index (χ1n) is 12.3. The molecule has 2 heteroatoms. The van der Waals surface area contributed by atoms with Crippen LogP contribution in [0, 0.1) is 0 Å². The Labute approximate surface area is 214 Å². The van der Waals surface area contributed by atoms with Crippen LogP contribution in [0.15, 0.2) is 137 Å². The SMILES string of the molecule is c1cc(-c2ccc3ccc4cccc5ccc2c3c45)cc(N2c3ccccc3Sc3ccccc32)c1. The van der Waals surface area contributed by atoms with Gasteiger partial charge in [0.1, 0.15) is 0 Å². The fraction of sp³-hybridized carbons (Fsp3) is 0. The average Bonchev–Trinajstić information content (AvgIpc) is 2.94. The van der Waals surface area contributed by atoms with Gasteiger partial charge in [0, 0.05) is 15.5 Å². The molecule has 0 aromatic heterocycles. The largest absolute Gasteiger partial charge is 0.308 e. The van der Waals surface area contributed by atoms with Crippen LogP contribution in [0.25, 0.3) is 43.4 Å². The molecule has 1 nitrogen and oxygen atoms in total. The molecule has 0 N–H and O–H groups in total. The maximum atomic E-state index is 2.40. The molecule has 0 aliphatic carbocycles. The van der Waals surface area contributed by atoms with Crippen molar-refractivity contribution < 1.29 is 0 Å². The zero-order valence-corrected chi connectivity index (χ0v) is 20.3. The van der Waals surface area contributed by atoms with Gasteiger partial charge in [-0.3, -0.25) is 0 Å². The molecule has 7 aromatic rings. The van der Waals surface area contributed by atoms with Crippen LogP contribution < -0.4 is 4.90 Å². The van der Waals surface area contributed by atoms with E-state index < -0.39 is 0 Å². The fourth-order valence-electron chi connectivity index (χ4n) is 5.78. The molecule has 0 atom stereocenters. The lowest BCUT2D eigenvalue weighted by Crippen LogP contribution is -2.14. The maximum Gasteiger partial charge on any atom is 0.0601 e. The molecule has 1 heterocycles. The van der Waals surface area contributed by atoms with Gasteiger partial charge < -0.3 is 4.90 Å². The third kappa shape index (κ3) is 2.85. The fourth-order valence-corrected chi connectivity index (χ4v) is 6.84. The van der Waals surface area contributed by atoms with Crippen molar-refractivity contribution >= 4 is 61.1 Å². The van der Waals surface area contributed by atoms with Crippen molar-refractivity contribution in [2.75, 3.05) is 4.90 Å². The van der Waals surface area contributed by atoms with Crippen LogP contribution in [-0.4, -0.2) is 0 Å². The predicted octanol–water partition coefficient (Wildman–Crippen LogP) is 10.2. The zero-order chi connectivity index (χ0) is 23.6. The van der Waals surface area contributed by atoms with Crippen LogP contribution in [0.2, 0.25) is 0 Å². The van der Waals surface area contributed by atoms with Gasteiger partial charge in [-0.15, -0.1) is 0 Å². The minimum absolute atomic E-state index is 1.18. The number of benzene rings is 7. The Hall–Kier alpha value is -4.27. The molecule has 0 saturated carbocycles. The molecule has 0 amide bonds. The van der Waals surface area contributed by atoms with Crippen molar-refractivity contribution in [1.82, 2.24) is 0 Å². The highest BCUT2D eigenvalue weighted by Crippen LogP contribution is 2.51. The molecule has 0 radical (unpaired) electrons. The monoisotopic (exact) mass is 475 g/mol. The molecule has 36 heavy (non-hydrogen) atoms. The number of hydrogen-bond donors (Lipinski definition) is 0. The highest BCUT2D eigenvalue weighted by atomic mass is 32.2. The summed E-state index contributed by atoms with van der Waals surface area (Å²) >= 11 is 1.85. The number of para-hydroxylation sites is 2. The third-order valence-electron chi connectivity index (χ3n) is 7.38. The van der Waals surface area contributed by atoms with Gasteiger partial charge in [-0.2, -0.15) is 0 Å². The van der Waals surface area contributed by atoms with Gasteiger partial charge in [0.05, 0.1) is 11.4 Å². The highest BCUT2D eigenvalue weighted by Gasteiger charge is 2.24. The summed E-state index contributed by atoms with van der Waals surface area (Å²) in [5, 5.41) is 7.93. The Morgan fingerprint density at radius 3 is 1.83 bits per heavy atom. The van der Waals surface area contributed by atoms with Crippen molar-refractivity contribution in [3.05, 3.63) is 127 Å². The normalized spacial score (nSPS) is 12.8. The van der Waals surface area contributed by atoms with Gasteiger partial charge in [-0.1, -0.05) is 103 Å². The second-order valence-corrected chi connectivity index (χ2v) is 10.5. The van der Waals surface area contributed by atoms with Crippen LogP contribution in [0.3, 0.4) is 0 Å². The lowest BCUT2D eigenvalue weighted by molar-refractivity contribution is 1.17. The van der Waals surface area contributed by atoms with Gasteiger partial charge in [0.15, 0.2) is 0 Å². The quantitative estimate of drug-likeness (QED) is 0.229. The van der Waals surface area contributed by atoms with E-state index in [4.69, 9.17) is 0 Å². The Kier molecular flexibility index (Phi) is 4.22. The predicted molar refractivity (Wildman–Crippen MR) is 154 cm³/mol. The third-order valence-corrected chi connectivity index (χ3v) is 8.51. The molecule has 0 unspecified atom stereocenters. The summed E-state index contributed by atoms with van der Waals surface area (Å²) in [5.74, 6) is 0. The summed E-state index contributed by atoms with van der Waals surface area (Å²) < 4.78 is 0. The first-order chi connectivity index (χ1) is 17.8. The van der Waals surface area contributed by atoms with Crippen molar-refractivity contribution in [2.45, 2.75) is 9.79 Å². The highest BCUT2D eigenvalue weighted by molar-refractivity contribution is 7.99. The zero-order valence-electron chi connectivity index (χ0n) is 19.5. The Balaban J connectivity index is 1.36. The average molecular weight is 476 g/mol. The molecule has 0 bridgehead atoms. The summed E-state index contributed by atoms with van der Waals surface area (Å²) in [5.41, 5.74) is 6.15. The summed E-state index contributed by atoms with van der Waals surface area (Å²) in [6.07, 6.45) is 0. The lowest BCUT2D eigenvalue weighted by atomic mass is 9.90. The molecular formula is C34H21NS. The van der Waals surface area contributed by atoms with E-state index in [0.29, 0.717) is 0 Å². The summed E-state index contributed by atoms with van der Waals surface area (Å²) in [6.45, 7) is 0. The van der Waals surface area contributed by atoms with Gasteiger partial charge in [-0.05, 0) is 79.8 Å². The van der Waals surface area contributed by atoms with E-state index in [1.165, 1.54) is 70.3 Å². The van der Waals surface area contributed by atoms with Gasteiger partial charge in [-0.25, -0.2) is 0 Å². The second kappa shape index (κ2) is 7.61. The van der Waals surface area contributed by atoms with Crippen molar-refractivity contribution in [1.29, 1.82) is 0 Å². The Morgan fingerprint density at radius 1 is 0.472 bits per heavy atom. The molecule has 7 aromatic carbocycles. The molecule has 1 aliphatic rings. The molecule has 1 aliphatic heterocycles. The first kappa shape index (κ1) is 20.0. The van der Waals surface area contributed by atoms with Crippen LogP contribution >= 0.6 is 11.8 Å². The van der Waals surface area contributed by atoms with E-state index in [2.05, 4.69) is 132 Å². The van der Waals surface area contributed by atoms with Gasteiger partial charge in [0.25, 0.3) is 0 Å². The minimum Gasteiger partial charge on any atom is -0.308 e. The van der Waals surface area contributed by atoms with E-state index in [0.717, 1.165) is 0 Å². The van der Waals surface area contributed by atoms with Gasteiger partial charge in [0.2, 0.25) is 0 Å². The molecule has 0 saturated heterocycles. The standard InChI is InChI=1S/C34H21NS/c1-3-13-31-29(11-1)35(30-12-2-4-14-32(30)36-31)26-10-6-9-25(21-26)27-19-17-24-16-15-22-7-5-8-23-18-20-28(27)34(24)33(22)23/h1-21H. The number of anilines is 3. The van der Waals surface area contributed by atoms with Crippen LogP contribution in [0.4, 0.5) is 17.1 Å². The van der Waals surface area contributed by atoms with E-state index in [-0.39, 0.29) is 0 Å². The molecule has 8 rings (SSSR count). The van der Waals surface area contributed by atoms with Gasteiger partial charge >= 0.3 is 0 Å². The Morgan fingerprint density at radius 2 is 1.08 bits per heavy atom. The van der Waals surface area contributed by atoms with Crippen LogP contribution in [-0.2, 0) is 0 Å². The van der Waals surface area contributed by atoms with Crippen LogP contribution in [0.1, 0.15) is 0 Å². The van der Waals surface area contributed by atoms with Crippen molar-refractivity contribution in [2.24, 2.45) is 0 Å². The van der Waals surface area contributed by atoms with E-state index >= 15 is 0 Å². The van der Waals surface area contributed by atoms with E-state index in [9.17, 15) is 0 Å². The Bertz CT molecular complexity index is 1880. The number of nitrogens with zero attached hydrogens (tertiary/aromatic N) is 1. The molecule has 0 fully saturated rings. The first-order valence-corrected chi connectivity index (χ1v) is 13.1. The topological polar surface area (TPSA) is 3.24 Å². The van der Waals surface area contributed by atoms with Crippen molar-refractivity contribution in [3.8, 4) is 11.1 Å². The molecule has 168 valence electrons. The van der Waals surface area contributed by atoms with Crippen LogP contribution in [0.5, 0.6) is 0 Å². The number of rotatable bonds is 2. The minimum atomic E-state index is 1.18. The summed E-state index contributed by atoms with van der Waals surface area (Å²) in [6, 6.07) is 46.6. The molecular weight excluding hydrogens is 454 g/mol. The number of hydrogen-bond acceptors (Lipinski definition) is 2. The maximum absolute atomic E-state index is 2.40. The lowest BCUT2D eigenvalue weighted by Gasteiger charge is -2.33. The van der Waals surface area contributed by atoms with E-state index in [1.54, 1.807) is 0 Å². The number of fused-ring (bicyclic) bond motifs is 2. The summed E-state index contributed by atoms with van der Waals surface area (Å²) in [4.78, 5) is 4.97. The van der Waals surface area contributed by atoms with Crippen molar-refractivity contribution in [3.63, 3.8) is 0 Å². The second-order valence-electron chi connectivity index (χ2n) is 9.39.